The third-order valence-electron chi connectivity index (χ3n) is 2.98. The Morgan fingerprint density at radius 3 is 2.76 bits per heavy atom. The SMILES string of the molecule is COCCNCc1coc(-c2ccc(OC)cc2OC)n1. The van der Waals surface area contributed by atoms with Gasteiger partial charge < -0.3 is 23.9 Å². The average Bonchev–Trinajstić information content (AvgIpc) is 2.99. The van der Waals surface area contributed by atoms with Gasteiger partial charge in [0.2, 0.25) is 5.89 Å². The van der Waals surface area contributed by atoms with Crippen LogP contribution < -0.4 is 14.8 Å². The van der Waals surface area contributed by atoms with Gasteiger partial charge in [-0.15, -0.1) is 0 Å². The second-order valence-corrected chi connectivity index (χ2v) is 4.38. The van der Waals surface area contributed by atoms with E-state index in [0.717, 1.165) is 23.6 Å². The Balaban J connectivity index is 2.10. The zero-order chi connectivity index (χ0) is 15.1. The summed E-state index contributed by atoms with van der Waals surface area (Å²) in [7, 11) is 4.89. The highest BCUT2D eigenvalue weighted by Gasteiger charge is 2.13. The quantitative estimate of drug-likeness (QED) is 0.752. The molecule has 0 bridgehead atoms. The van der Waals surface area contributed by atoms with Crippen molar-refractivity contribution in [1.82, 2.24) is 10.3 Å². The number of rotatable bonds is 8. The standard InChI is InChI=1S/C15H20N2O4/c1-18-7-6-16-9-11-10-21-15(17-11)13-5-4-12(19-2)8-14(13)20-3/h4-5,8,10,16H,6-7,9H2,1-3H3. The number of benzene rings is 1. The van der Waals surface area contributed by atoms with E-state index in [1.54, 1.807) is 33.7 Å². The van der Waals surface area contributed by atoms with Gasteiger partial charge in [0.25, 0.3) is 0 Å². The number of hydrogen-bond acceptors (Lipinski definition) is 6. The molecule has 1 aromatic carbocycles. The normalized spacial score (nSPS) is 10.6. The Bertz CT molecular complexity index is 569. The lowest BCUT2D eigenvalue weighted by Crippen LogP contribution is -2.18. The van der Waals surface area contributed by atoms with E-state index in [-0.39, 0.29) is 0 Å². The maximum Gasteiger partial charge on any atom is 0.229 e. The van der Waals surface area contributed by atoms with Crippen LogP contribution in [0.3, 0.4) is 0 Å². The van der Waals surface area contributed by atoms with Gasteiger partial charge in [-0.3, -0.25) is 0 Å². The van der Waals surface area contributed by atoms with Gasteiger partial charge in [0.15, 0.2) is 0 Å². The Hall–Kier alpha value is -2.05. The molecule has 0 saturated heterocycles. The highest BCUT2D eigenvalue weighted by molar-refractivity contribution is 5.64. The fourth-order valence-corrected chi connectivity index (χ4v) is 1.88. The molecule has 0 aliphatic carbocycles. The summed E-state index contributed by atoms with van der Waals surface area (Å²) in [5, 5.41) is 3.22. The van der Waals surface area contributed by atoms with Crippen LogP contribution in [-0.4, -0.2) is 39.5 Å². The first kappa shape index (κ1) is 15.3. The smallest absolute Gasteiger partial charge is 0.229 e. The van der Waals surface area contributed by atoms with Crippen LogP contribution in [0.4, 0.5) is 0 Å². The van der Waals surface area contributed by atoms with Gasteiger partial charge in [0.05, 0.1) is 32.1 Å². The number of oxazole rings is 1. The van der Waals surface area contributed by atoms with Crippen molar-refractivity contribution in [2.75, 3.05) is 34.5 Å². The summed E-state index contributed by atoms with van der Waals surface area (Å²) >= 11 is 0. The molecule has 6 nitrogen and oxygen atoms in total. The van der Waals surface area contributed by atoms with Crippen molar-refractivity contribution in [1.29, 1.82) is 0 Å². The van der Waals surface area contributed by atoms with Crippen molar-refractivity contribution in [3.05, 3.63) is 30.2 Å². The zero-order valence-corrected chi connectivity index (χ0v) is 12.5. The van der Waals surface area contributed by atoms with Crippen molar-refractivity contribution >= 4 is 0 Å². The molecule has 0 unspecified atom stereocenters. The summed E-state index contributed by atoms with van der Waals surface area (Å²) < 4.78 is 21.0. The Kier molecular flexibility index (Phi) is 5.59. The minimum absolute atomic E-state index is 0.526. The van der Waals surface area contributed by atoms with Gasteiger partial charge in [0.1, 0.15) is 17.8 Å². The molecule has 1 N–H and O–H groups in total. The summed E-state index contributed by atoms with van der Waals surface area (Å²) in [4.78, 5) is 4.45. The summed E-state index contributed by atoms with van der Waals surface area (Å²) in [6.07, 6.45) is 1.64. The van der Waals surface area contributed by atoms with E-state index in [1.165, 1.54) is 0 Å². The predicted molar refractivity (Wildman–Crippen MR) is 78.6 cm³/mol. The van der Waals surface area contributed by atoms with Crippen LogP contribution in [-0.2, 0) is 11.3 Å². The van der Waals surface area contributed by atoms with E-state index in [2.05, 4.69) is 10.3 Å². The lowest BCUT2D eigenvalue weighted by molar-refractivity contribution is 0.199. The molecule has 2 aromatic rings. The first-order valence-electron chi connectivity index (χ1n) is 6.65. The van der Waals surface area contributed by atoms with Crippen LogP contribution in [0.25, 0.3) is 11.5 Å². The van der Waals surface area contributed by atoms with E-state index in [4.69, 9.17) is 18.6 Å². The molecular formula is C15H20N2O4. The Morgan fingerprint density at radius 1 is 1.19 bits per heavy atom. The van der Waals surface area contributed by atoms with E-state index >= 15 is 0 Å². The Morgan fingerprint density at radius 2 is 2.05 bits per heavy atom. The summed E-state index contributed by atoms with van der Waals surface area (Å²) in [6.45, 7) is 2.06. The molecular weight excluding hydrogens is 272 g/mol. The van der Waals surface area contributed by atoms with Crippen LogP contribution >= 0.6 is 0 Å². The van der Waals surface area contributed by atoms with Crippen LogP contribution in [0, 0.1) is 0 Å². The third-order valence-corrected chi connectivity index (χ3v) is 2.98. The molecule has 0 amide bonds. The molecule has 0 fully saturated rings. The maximum absolute atomic E-state index is 5.52. The molecule has 0 spiro atoms. The lowest BCUT2D eigenvalue weighted by Gasteiger charge is -2.07. The van der Waals surface area contributed by atoms with Gasteiger partial charge in [0, 0.05) is 26.3 Å². The summed E-state index contributed by atoms with van der Waals surface area (Å²) in [5.41, 5.74) is 1.63. The van der Waals surface area contributed by atoms with Gasteiger partial charge in [-0.25, -0.2) is 4.98 Å². The Labute approximate surface area is 124 Å². The maximum atomic E-state index is 5.52. The van der Waals surface area contributed by atoms with Gasteiger partial charge in [-0.05, 0) is 12.1 Å². The van der Waals surface area contributed by atoms with Crippen molar-refractivity contribution in [3.63, 3.8) is 0 Å². The van der Waals surface area contributed by atoms with E-state index in [1.807, 2.05) is 12.1 Å². The second-order valence-electron chi connectivity index (χ2n) is 4.38. The van der Waals surface area contributed by atoms with E-state index in [0.29, 0.717) is 24.8 Å². The van der Waals surface area contributed by atoms with E-state index in [9.17, 15) is 0 Å². The molecule has 6 heteroatoms. The minimum atomic E-state index is 0.526. The molecule has 0 atom stereocenters. The summed E-state index contributed by atoms with van der Waals surface area (Å²) in [6, 6.07) is 5.51. The van der Waals surface area contributed by atoms with Crippen molar-refractivity contribution < 1.29 is 18.6 Å². The minimum Gasteiger partial charge on any atom is -0.497 e. The van der Waals surface area contributed by atoms with Crippen LogP contribution in [0.1, 0.15) is 5.69 Å². The highest BCUT2D eigenvalue weighted by Crippen LogP contribution is 2.32. The number of nitrogens with zero attached hydrogens (tertiary/aromatic N) is 1. The van der Waals surface area contributed by atoms with Gasteiger partial charge in [-0.2, -0.15) is 0 Å². The topological polar surface area (TPSA) is 65.8 Å². The van der Waals surface area contributed by atoms with Crippen molar-refractivity contribution in [3.8, 4) is 23.0 Å². The van der Waals surface area contributed by atoms with Crippen molar-refractivity contribution in [2.45, 2.75) is 6.54 Å². The van der Waals surface area contributed by atoms with E-state index < -0.39 is 0 Å². The first-order chi connectivity index (χ1) is 10.3. The van der Waals surface area contributed by atoms with Crippen LogP contribution in [0.5, 0.6) is 11.5 Å². The monoisotopic (exact) mass is 292 g/mol. The third kappa shape index (κ3) is 3.96. The van der Waals surface area contributed by atoms with Crippen molar-refractivity contribution in [2.24, 2.45) is 0 Å². The number of aromatic nitrogens is 1. The molecule has 0 saturated carbocycles. The molecule has 2 rings (SSSR count). The molecule has 21 heavy (non-hydrogen) atoms. The molecule has 114 valence electrons. The zero-order valence-electron chi connectivity index (χ0n) is 12.5. The highest BCUT2D eigenvalue weighted by atomic mass is 16.5. The lowest BCUT2D eigenvalue weighted by atomic mass is 10.2. The fraction of sp³-hybridized carbons (Fsp3) is 0.400. The number of nitrogens with one attached hydrogen (secondary N) is 1. The number of methoxy groups -OCH3 is 3. The number of hydrogen-bond donors (Lipinski definition) is 1. The van der Waals surface area contributed by atoms with Crippen LogP contribution in [0.2, 0.25) is 0 Å². The predicted octanol–water partition coefficient (Wildman–Crippen LogP) is 2.09. The molecule has 0 radical (unpaired) electrons. The van der Waals surface area contributed by atoms with Gasteiger partial charge >= 0.3 is 0 Å². The summed E-state index contributed by atoms with van der Waals surface area (Å²) in [5.74, 6) is 1.91. The molecule has 1 heterocycles. The largest absolute Gasteiger partial charge is 0.497 e. The van der Waals surface area contributed by atoms with Gasteiger partial charge in [-0.1, -0.05) is 0 Å². The molecule has 1 aromatic heterocycles. The average molecular weight is 292 g/mol. The first-order valence-corrected chi connectivity index (χ1v) is 6.65. The molecule has 0 aliphatic rings. The fourth-order valence-electron chi connectivity index (χ4n) is 1.88. The number of ether oxygens (including phenoxy) is 3. The second kappa shape index (κ2) is 7.66. The van der Waals surface area contributed by atoms with Crippen LogP contribution in [0.15, 0.2) is 28.9 Å². The molecule has 0 aliphatic heterocycles.